The Morgan fingerprint density at radius 3 is 2.58 bits per heavy atom. The van der Waals surface area contributed by atoms with Gasteiger partial charge >= 0.3 is 12.0 Å². The number of rotatable bonds is 5. The van der Waals surface area contributed by atoms with Crippen LogP contribution in [0.15, 0.2) is 29.2 Å². The number of benzene rings is 1. The molecule has 1 heterocycles. The first-order chi connectivity index (χ1) is 14.3. The van der Waals surface area contributed by atoms with Crippen molar-refractivity contribution >= 4 is 27.9 Å². The molecule has 2 fully saturated rings. The van der Waals surface area contributed by atoms with Gasteiger partial charge in [-0.1, -0.05) is 26.8 Å². The lowest BCUT2D eigenvalue weighted by atomic mass is 9.65. The molecular weight excluding hydrogens is 422 g/mol. The van der Waals surface area contributed by atoms with Crippen molar-refractivity contribution in [3.05, 3.63) is 29.8 Å². The number of hydrogen-bond acceptors (Lipinski definition) is 6. The molecule has 0 radical (unpaired) electrons. The topological polar surface area (TPSA) is 122 Å². The van der Waals surface area contributed by atoms with Crippen LogP contribution in [0.1, 0.15) is 50.4 Å². The summed E-state index contributed by atoms with van der Waals surface area (Å²) in [6.45, 7) is 6.27. The van der Waals surface area contributed by atoms with Gasteiger partial charge in [0.2, 0.25) is 10.0 Å². The van der Waals surface area contributed by atoms with Crippen LogP contribution in [-0.2, 0) is 19.6 Å². The molecule has 1 aromatic rings. The van der Waals surface area contributed by atoms with Gasteiger partial charge in [-0.25, -0.2) is 18.0 Å². The van der Waals surface area contributed by atoms with Crippen LogP contribution < -0.4 is 10.6 Å². The smallest absolute Gasteiger partial charge is 0.338 e. The lowest BCUT2D eigenvalue weighted by Crippen LogP contribution is -2.39. The molecule has 1 aliphatic heterocycles. The number of esters is 1. The first kappa shape index (κ1) is 23.2. The summed E-state index contributed by atoms with van der Waals surface area (Å²) in [6, 6.07) is 4.83. The van der Waals surface area contributed by atoms with E-state index < -0.39 is 34.5 Å². The fourth-order valence-corrected chi connectivity index (χ4v) is 6.87. The maximum atomic E-state index is 13.4. The second kappa shape index (κ2) is 8.23. The molecule has 0 unspecified atom stereocenters. The largest absolute Gasteiger partial charge is 0.452 e. The first-order valence-corrected chi connectivity index (χ1v) is 11.6. The normalized spacial score (nSPS) is 25.0. The molecule has 1 aliphatic carbocycles. The molecule has 3 amide bonds. The number of carbonyl (C=O) groups is 3. The van der Waals surface area contributed by atoms with Gasteiger partial charge in [-0.3, -0.25) is 10.1 Å². The third-order valence-electron chi connectivity index (χ3n) is 5.86. The highest BCUT2D eigenvalue weighted by Crippen LogP contribution is 2.53. The van der Waals surface area contributed by atoms with E-state index >= 15 is 0 Å². The van der Waals surface area contributed by atoms with E-state index in [4.69, 9.17) is 4.74 Å². The molecule has 2 atom stereocenters. The van der Waals surface area contributed by atoms with Gasteiger partial charge in [-0.05, 0) is 48.3 Å². The highest BCUT2D eigenvalue weighted by Gasteiger charge is 2.53. The molecule has 9 nitrogen and oxygen atoms in total. The number of fused-ring (bicyclic) bond motifs is 2. The SMILES string of the molecule is CNC(=O)NC(=O)COC(=O)c1cccc(S(=O)(=O)N2C[C@@]3(C)C[C@@H]2CC(C)(C)C3)c1. The second-order valence-electron chi connectivity index (χ2n) is 9.50. The van der Waals surface area contributed by atoms with Crippen molar-refractivity contribution < 1.29 is 27.5 Å². The van der Waals surface area contributed by atoms with E-state index in [0.717, 1.165) is 19.3 Å². The predicted molar refractivity (Wildman–Crippen MR) is 113 cm³/mol. The molecule has 170 valence electrons. The number of imide groups is 1. The number of nitrogens with one attached hydrogen (secondary N) is 2. The van der Waals surface area contributed by atoms with Gasteiger partial charge in [0.25, 0.3) is 5.91 Å². The van der Waals surface area contributed by atoms with E-state index in [0.29, 0.717) is 6.54 Å². The zero-order valence-corrected chi connectivity index (χ0v) is 19.0. The van der Waals surface area contributed by atoms with Crippen LogP contribution in [-0.4, -0.2) is 56.9 Å². The van der Waals surface area contributed by atoms with Gasteiger partial charge in [0, 0.05) is 19.6 Å². The number of urea groups is 1. The highest BCUT2D eigenvalue weighted by molar-refractivity contribution is 7.89. The van der Waals surface area contributed by atoms with Crippen molar-refractivity contribution in [2.45, 2.75) is 51.0 Å². The summed E-state index contributed by atoms with van der Waals surface area (Å²) < 4.78 is 33.3. The van der Waals surface area contributed by atoms with E-state index in [1.807, 2.05) is 5.32 Å². The summed E-state index contributed by atoms with van der Waals surface area (Å²) in [5, 5.41) is 4.18. The Bertz CT molecular complexity index is 1010. The molecule has 1 aromatic carbocycles. The van der Waals surface area contributed by atoms with Crippen molar-refractivity contribution in [2.24, 2.45) is 10.8 Å². The molecule has 2 N–H and O–H groups in total. The summed E-state index contributed by atoms with van der Waals surface area (Å²) in [5.41, 5.74) is 0.0272. The number of carbonyl (C=O) groups excluding carboxylic acids is 3. The Labute approximate surface area is 182 Å². The van der Waals surface area contributed by atoms with Gasteiger partial charge < -0.3 is 10.1 Å². The van der Waals surface area contributed by atoms with Gasteiger partial charge in [0.15, 0.2) is 6.61 Å². The Kier molecular flexibility index (Phi) is 6.16. The van der Waals surface area contributed by atoms with Crippen molar-refractivity contribution in [1.82, 2.24) is 14.9 Å². The summed E-state index contributed by atoms with van der Waals surface area (Å²) in [5.74, 6) is -1.64. The van der Waals surface area contributed by atoms with E-state index in [2.05, 4.69) is 26.1 Å². The third-order valence-corrected chi connectivity index (χ3v) is 7.75. The van der Waals surface area contributed by atoms with Gasteiger partial charge in [0.1, 0.15) is 0 Å². The van der Waals surface area contributed by atoms with Crippen LogP contribution >= 0.6 is 0 Å². The molecule has 2 bridgehead atoms. The average molecular weight is 452 g/mol. The first-order valence-electron chi connectivity index (χ1n) is 10.2. The van der Waals surface area contributed by atoms with Crippen molar-refractivity contribution in [2.75, 3.05) is 20.2 Å². The van der Waals surface area contributed by atoms with Crippen molar-refractivity contribution in [1.29, 1.82) is 0 Å². The Morgan fingerprint density at radius 2 is 1.90 bits per heavy atom. The molecule has 3 rings (SSSR count). The van der Waals surface area contributed by atoms with Gasteiger partial charge in [-0.15, -0.1) is 0 Å². The summed E-state index contributed by atoms with van der Waals surface area (Å²) in [6.07, 6.45) is 2.59. The maximum absolute atomic E-state index is 13.4. The fraction of sp³-hybridized carbons (Fsp3) is 0.571. The Balaban J connectivity index is 1.74. The lowest BCUT2D eigenvalue weighted by Gasteiger charge is -2.39. The quantitative estimate of drug-likeness (QED) is 0.660. The highest BCUT2D eigenvalue weighted by atomic mass is 32.2. The molecule has 1 saturated heterocycles. The molecule has 2 aliphatic rings. The van der Waals surface area contributed by atoms with Crippen LogP contribution in [0.5, 0.6) is 0 Å². The van der Waals surface area contributed by atoms with Crippen LogP contribution in [0, 0.1) is 10.8 Å². The Morgan fingerprint density at radius 1 is 1.19 bits per heavy atom. The molecule has 10 heteroatoms. The number of nitrogens with zero attached hydrogens (tertiary/aromatic N) is 1. The molecule has 31 heavy (non-hydrogen) atoms. The minimum atomic E-state index is -3.79. The van der Waals surface area contributed by atoms with Crippen LogP contribution in [0.4, 0.5) is 4.79 Å². The average Bonchev–Trinajstić information content (AvgIpc) is 2.95. The summed E-state index contributed by atoms with van der Waals surface area (Å²) >= 11 is 0. The van der Waals surface area contributed by atoms with Crippen LogP contribution in [0.25, 0.3) is 0 Å². The minimum absolute atomic E-state index is 0.0162. The fourth-order valence-electron chi connectivity index (χ4n) is 5.05. The summed E-state index contributed by atoms with van der Waals surface area (Å²) in [4.78, 5) is 35.0. The molecule has 1 saturated carbocycles. The number of sulfonamides is 1. The number of amides is 3. The van der Waals surface area contributed by atoms with Crippen molar-refractivity contribution in [3.63, 3.8) is 0 Å². The van der Waals surface area contributed by atoms with Crippen LogP contribution in [0.3, 0.4) is 0 Å². The predicted octanol–water partition coefficient (Wildman–Crippen LogP) is 1.89. The molecule has 0 spiro atoms. The van der Waals surface area contributed by atoms with E-state index in [1.165, 1.54) is 31.3 Å². The second-order valence-corrected chi connectivity index (χ2v) is 11.4. The van der Waals surface area contributed by atoms with E-state index in [-0.39, 0.29) is 27.3 Å². The van der Waals surface area contributed by atoms with Gasteiger partial charge in [0.05, 0.1) is 10.5 Å². The maximum Gasteiger partial charge on any atom is 0.338 e. The minimum Gasteiger partial charge on any atom is -0.452 e. The number of hydrogen-bond donors (Lipinski definition) is 2. The standard InChI is InChI=1S/C21H29N3O6S/c1-20(2)9-15-10-21(3,12-20)13-24(15)31(28,29)16-7-5-6-14(8-16)18(26)30-11-17(25)23-19(27)22-4/h5-8,15H,9-13H2,1-4H3,(H2,22,23,25,27)/t15-,21-/m0/s1. The van der Waals surface area contributed by atoms with E-state index in [9.17, 15) is 22.8 Å². The summed E-state index contributed by atoms with van der Waals surface area (Å²) in [7, 11) is -2.45. The zero-order chi connectivity index (χ0) is 23.0. The molecule has 0 aromatic heterocycles. The molecular formula is C21H29N3O6S. The van der Waals surface area contributed by atoms with E-state index in [1.54, 1.807) is 4.31 Å². The van der Waals surface area contributed by atoms with Crippen molar-refractivity contribution in [3.8, 4) is 0 Å². The monoisotopic (exact) mass is 451 g/mol. The Hall–Kier alpha value is -2.46. The van der Waals surface area contributed by atoms with Gasteiger partial charge in [-0.2, -0.15) is 4.31 Å². The third kappa shape index (κ3) is 5.07. The lowest BCUT2D eigenvalue weighted by molar-refractivity contribution is -0.123. The van der Waals surface area contributed by atoms with Crippen LogP contribution in [0.2, 0.25) is 0 Å². The number of ether oxygens (including phenoxy) is 1. The zero-order valence-electron chi connectivity index (χ0n) is 18.2.